The van der Waals surface area contributed by atoms with E-state index in [1.54, 1.807) is 5.57 Å². The molecule has 0 saturated heterocycles. The lowest BCUT2D eigenvalue weighted by Crippen LogP contribution is -2.15. The van der Waals surface area contributed by atoms with Crippen LogP contribution in [0, 0.1) is 6.92 Å². The van der Waals surface area contributed by atoms with Crippen molar-refractivity contribution in [2.24, 2.45) is 0 Å². The van der Waals surface area contributed by atoms with Gasteiger partial charge in [-0.15, -0.1) is 0 Å². The van der Waals surface area contributed by atoms with Crippen molar-refractivity contribution in [2.75, 3.05) is 0 Å². The largest absolute Gasteiger partial charge is 0.0795 e. The van der Waals surface area contributed by atoms with Gasteiger partial charge in [-0.1, -0.05) is 49.8 Å². The van der Waals surface area contributed by atoms with Crippen molar-refractivity contribution in [2.45, 2.75) is 39.0 Å². The number of rotatable bonds is 0. The van der Waals surface area contributed by atoms with Gasteiger partial charge in [0.2, 0.25) is 0 Å². The van der Waals surface area contributed by atoms with Crippen LogP contribution in [0.1, 0.15) is 43.4 Å². The van der Waals surface area contributed by atoms with Gasteiger partial charge in [-0.3, -0.25) is 0 Å². The molecule has 3 rings (SSSR count). The molecule has 0 radical (unpaired) electrons. The summed E-state index contributed by atoms with van der Waals surface area (Å²) in [4.78, 5) is 0. The molecule has 2 aliphatic carbocycles. The van der Waals surface area contributed by atoms with E-state index < -0.39 is 0 Å². The molecular formula is C16H18. The maximum Gasteiger partial charge on any atom is 0.0155 e. The first-order valence-corrected chi connectivity index (χ1v) is 6.13. The van der Waals surface area contributed by atoms with Crippen LogP contribution in [-0.4, -0.2) is 0 Å². The zero-order valence-corrected chi connectivity index (χ0v) is 10.3. The second kappa shape index (κ2) is 3.10. The molecule has 16 heavy (non-hydrogen) atoms. The molecule has 0 nitrogen and oxygen atoms in total. The van der Waals surface area contributed by atoms with Gasteiger partial charge in [0.05, 0.1) is 0 Å². The molecule has 1 aromatic rings. The summed E-state index contributed by atoms with van der Waals surface area (Å²) >= 11 is 0. The highest BCUT2D eigenvalue weighted by molar-refractivity contribution is 5.90. The summed E-state index contributed by atoms with van der Waals surface area (Å²) < 4.78 is 0. The number of benzene rings is 1. The second-order valence-electron chi connectivity index (χ2n) is 5.49. The van der Waals surface area contributed by atoms with Crippen molar-refractivity contribution < 1.29 is 0 Å². The van der Waals surface area contributed by atoms with Crippen molar-refractivity contribution in [3.05, 3.63) is 52.6 Å². The average Bonchev–Trinajstić information content (AvgIpc) is 2.49. The smallest absolute Gasteiger partial charge is 0.0155 e. The zero-order valence-electron chi connectivity index (χ0n) is 10.3. The van der Waals surface area contributed by atoms with Crippen LogP contribution in [0.4, 0.5) is 0 Å². The van der Waals surface area contributed by atoms with Gasteiger partial charge in [0.15, 0.2) is 0 Å². The van der Waals surface area contributed by atoms with Gasteiger partial charge in [0.25, 0.3) is 0 Å². The Labute approximate surface area is 97.7 Å². The van der Waals surface area contributed by atoms with Gasteiger partial charge in [-0.25, -0.2) is 0 Å². The molecule has 0 fully saturated rings. The van der Waals surface area contributed by atoms with E-state index in [0.29, 0.717) is 0 Å². The van der Waals surface area contributed by atoms with E-state index in [4.69, 9.17) is 0 Å². The third-order valence-corrected chi connectivity index (χ3v) is 3.97. The molecule has 0 heteroatoms. The van der Waals surface area contributed by atoms with Crippen molar-refractivity contribution in [3.63, 3.8) is 0 Å². The minimum absolute atomic E-state index is 0.202. The maximum atomic E-state index is 2.44. The highest BCUT2D eigenvalue weighted by Crippen LogP contribution is 2.51. The van der Waals surface area contributed by atoms with E-state index in [-0.39, 0.29) is 5.41 Å². The van der Waals surface area contributed by atoms with Gasteiger partial charge in [-0.05, 0) is 42.0 Å². The third kappa shape index (κ3) is 1.16. The topological polar surface area (TPSA) is 0 Å². The standard InChI is InChI=1S/C16H18/c1-11-8-9-13-12-6-4-5-7-14(12)16(2,3)15(13)10-11/h6-10H,4-5H2,1-3H3. The maximum absolute atomic E-state index is 2.44. The van der Waals surface area contributed by atoms with Crippen LogP contribution in [0.2, 0.25) is 0 Å². The SMILES string of the molecule is Cc1ccc2c(c1)C(C)(C)C1=CCCC=C12. The molecular weight excluding hydrogens is 192 g/mol. The Morgan fingerprint density at radius 2 is 1.81 bits per heavy atom. The fraction of sp³-hybridized carbons (Fsp3) is 0.375. The minimum Gasteiger partial charge on any atom is -0.0795 e. The Kier molecular flexibility index (Phi) is 1.92. The Hall–Kier alpha value is -1.30. The lowest BCUT2D eigenvalue weighted by molar-refractivity contribution is 0.654. The van der Waals surface area contributed by atoms with Crippen LogP contribution in [0.25, 0.3) is 5.57 Å². The molecule has 0 amide bonds. The van der Waals surface area contributed by atoms with Crippen LogP contribution in [0.5, 0.6) is 0 Å². The van der Waals surface area contributed by atoms with Crippen LogP contribution in [-0.2, 0) is 5.41 Å². The normalized spacial score (nSPS) is 20.9. The molecule has 0 unspecified atom stereocenters. The average molecular weight is 210 g/mol. The Morgan fingerprint density at radius 1 is 1.06 bits per heavy atom. The van der Waals surface area contributed by atoms with Crippen LogP contribution in [0.3, 0.4) is 0 Å². The first-order valence-electron chi connectivity index (χ1n) is 6.13. The van der Waals surface area contributed by atoms with E-state index in [2.05, 4.69) is 51.1 Å². The fourth-order valence-corrected chi connectivity index (χ4v) is 3.08. The van der Waals surface area contributed by atoms with Crippen molar-refractivity contribution in [3.8, 4) is 0 Å². The Bertz CT molecular complexity index is 513. The van der Waals surface area contributed by atoms with Gasteiger partial charge in [0, 0.05) is 5.41 Å². The van der Waals surface area contributed by atoms with E-state index in [9.17, 15) is 0 Å². The summed E-state index contributed by atoms with van der Waals surface area (Å²) in [7, 11) is 0. The number of hydrogen-bond acceptors (Lipinski definition) is 0. The highest BCUT2D eigenvalue weighted by atomic mass is 14.4. The van der Waals surface area contributed by atoms with Gasteiger partial charge >= 0.3 is 0 Å². The Morgan fingerprint density at radius 3 is 2.62 bits per heavy atom. The predicted molar refractivity (Wildman–Crippen MR) is 69.5 cm³/mol. The van der Waals surface area contributed by atoms with Crippen LogP contribution < -0.4 is 0 Å². The molecule has 0 aliphatic heterocycles. The number of allylic oxidation sites excluding steroid dienone is 4. The summed E-state index contributed by atoms with van der Waals surface area (Å²) in [5.41, 5.74) is 7.57. The number of aryl methyl sites for hydroxylation is 1. The van der Waals surface area contributed by atoms with Crippen molar-refractivity contribution >= 4 is 5.57 Å². The minimum atomic E-state index is 0.202. The van der Waals surface area contributed by atoms with Crippen molar-refractivity contribution in [1.29, 1.82) is 0 Å². The van der Waals surface area contributed by atoms with Gasteiger partial charge in [0.1, 0.15) is 0 Å². The summed E-state index contributed by atoms with van der Waals surface area (Å²) in [5, 5.41) is 0. The molecule has 0 saturated carbocycles. The monoisotopic (exact) mass is 210 g/mol. The molecule has 0 aromatic heterocycles. The first kappa shape index (κ1) is 9.89. The van der Waals surface area contributed by atoms with Gasteiger partial charge in [-0.2, -0.15) is 0 Å². The molecule has 0 N–H and O–H groups in total. The highest BCUT2D eigenvalue weighted by Gasteiger charge is 2.38. The van der Waals surface area contributed by atoms with E-state index in [1.165, 1.54) is 35.1 Å². The van der Waals surface area contributed by atoms with Gasteiger partial charge < -0.3 is 0 Å². The van der Waals surface area contributed by atoms with E-state index in [1.807, 2.05) is 0 Å². The molecule has 1 aromatic carbocycles. The quantitative estimate of drug-likeness (QED) is 0.595. The number of fused-ring (bicyclic) bond motifs is 3. The molecule has 0 bridgehead atoms. The molecule has 82 valence electrons. The third-order valence-electron chi connectivity index (χ3n) is 3.97. The fourth-order valence-electron chi connectivity index (χ4n) is 3.08. The first-order chi connectivity index (χ1) is 7.60. The van der Waals surface area contributed by atoms with Crippen molar-refractivity contribution in [1.82, 2.24) is 0 Å². The Balaban J connectivity index is 2.31. The lowest BCUT2D eigenvalue weighted by atomic mass is 9.80. The zero-order chi connectivity index (χ0) is 11.3. The number of hydrogen-bond donors (Lipinski definition) is 0. The summed E-state index contributed by atoms with van der Waals surface area (Å²) in [6.45, 7) is 6.88. The van der Waals surface area contributed by atoms with E-state index >= 15 is 0 Å². The van der Waals surface area contributed by atoms with Crippen LogP contribution in [0.15, 0.2) is 35.9 Å². The van der Waals surface area contributed by atoms with Crippen LogP contribution >= 0.6 is 0 Å². The summed E-state index contributed by atoms with van der Waals surface area (Å²) in [6, 6.07) is 6.88. The lowest BCUT2D eigenvalue weighted by Gasteiger charge is -2.23. The summed E-state index contributed by atoms with van der Waals surface area (Å²) in [5.74, 6) is 0. The summed E-state index contributed by atoms with van der Waals surface area (Å²) in [6.07, 6.45) is 7.25. The van der Waals surface area contributed by atoms with E-state index in [0.717, 1.165) is 0 Å². The second-order valence-corrected chi connectivity index (χ2v) is 5.49. The molecule has 2 aliphatic rings. The molecule has 0 heterocycles. The molecule has 0 atom stereocenters. The predicted octanol–water partition coefficient (Wildman–Crippen LogP) is 4.39. The molecule has 0 spiro atoms.